The quantitative estimate of drug-likeness (QED) is 0.838. The maximum Gasteiger partial charge on any atom is 0.358 e. The van der Waals surface area contributed by atoms with Crippen molar-refractivity contribution >= 4 is 11.8 Å². The number of methoxy groups -OCH3 is 2. The number of aromatic nitrogens is 2. The molecule has 0 radical (unpaired) electrons. The maximum absolute atomic E-state index is 11.2. The minimum absolute atomic E-state index is 0.180. The highest BCUT2D eigenvalue weighted by Gasteiger charge is 2.07. The zero-order valence-corrected chi connectivity index (χ0v) is 11.3. The molecule has 1 aromatic carbocycles. The molecule has 0 fully saturated rings. The molecule has 2 aromatic rings. The van der Waals surface area contributed by atoms with Crippen LogP contribution in [0.1, 0.15) is 16.1 Å². The molecule has 1 aromatic heterocycles. The summed E-state index contributed by atoms with van der Waals surface area (Å²) in [5, 5.41) is 3.12. The number of esters is 1. The summed E-state index contributed by atoms with van der Waals surface area (Å²) in [5.74, 6) is 0.883. The molecule has 104 valence electrons. The maximum atomic E-state index is 11.2. The summed E-state index contributed by atoms with van der Waals surface area (Å²) in [6, 6.07) is 7.71. The van der Waals surface area contributed by atoms with Gasteiger partial charge in [0.15, 0.2) is 5.69 Å². The van der Waals surface area contributed by atoms with Gasteiger partial charge >= 0.3 is 5.97 Å². The Kier molecular flexibility index (Phi) is 4.49. The van der Waals surface area contributed by atoms with Gasteiger partial charge in [-0.15, -0.1) is 0 Å². The van der Waals surface area contributed by atoms with Crippen molar-refractivity contribution in [1.82, 2.24) is 9.97 Å². The van der Waals surface area contributed by atoms with E-state index in [4.69, 9.17) is 4.74 Å². The van der Waals surface area contributed by atoms with Crippen LogP contribution in [0.25, 0.3) is 0 Å². The smallest absolute Gasteiger partial charge is 0.358 e. The van der Waals surface area contributed by atoms with Gasteiger partial charge in [-0.3, -0.25) is 0 Å². The van der Waals surface area contributed by atoms with Gasteiger partial charge in [0.1, 0.15) is 11.6 Å². The van der Waals surface area contributed by atoms with Crippen molar-refractivity contribution in [1.29, 1.82) is 0 Å². The predicted molar refractivity (Wildman–Crippen MR) is 73.7 cm³/mol. The van der Waals surface area contributed by atoms with Crippen molar-refractivity contribution in [3.8, 4) is 5.75 Å². The highest BCUT2D eigenvalue weighted by atomic mass is 16.5. The van der Waals surface area contributed by atoms with Crippen molar-refractivity contribution in [3.63, 3.8) is 0 Å². The number of carbonyl (C=O) groups is 1. The first-order valence-electron chi connectivity index (χ1n) is 6.00. The summed E-state index contributed by atoms with van der Waals surface area (Å²) >= 11 is 0. The standard InChI is InChI=1S/C14H15N3O3/c1-19-11-5-3-4-10(6-11)7-16-13-9-15-12(8-17-13)14(18)20-2/h3-6,8-9H,7H2,1-2H3,(H,16,17). The Balaban J connectivity index is 1.98. The van der Waals surface area contributed by atoms with Gasteiger partial charge in [-0.2, -0.15) is 0 Å². The van der Waals surface area contributed by atoms with E-state index in [1.54, 1.807) is 7.11 Å². The summed E-state index contributed by atoms with van der Waals surface area (Å²) in [5.41, 5.74) is 1.24. The van der Waals surface area contributed by atoms with Crippen LogP contribution < -0.4 is 10.1 Å². The highest BCUT2D eigenvalue weighted by Crippen LogP contribution is 2.13. The van der Waals surface area contributed by atoms with Crippen LogP contribution in [0.2, 0.25) is 0 Å². The number of carbonyl (C=O) groups excluding carboxylic acids is 1. The van der Waals surface area contributed by atoms with Crippen molar-refractivity contribution in [3.05, 3.63) is 47.9 Å². The van der Waals surface area contributed by atoms with Crippen LogP contribution in [0.15, 0.2) is 36.7 Å². The van der Waals surface area contributed by atoms with Crippen molar-refractivity contribution in [2.75, 3.05) is 19.5 Å². The van der Waals surface area contributed by atoms with Gasteiger partial charge in [0.05, 0.1) is 26.6 Å². The Labute approximate surface area is 116 Å². The molecule has 0 spiro atoms. The molecule has 0 saturated heterocycles. The van der Waals surface area contributed by atoms with Crippen LogP contribution in [-0.4, -0.2) is 30.2 Å². The van der Waals surface area contributed by atoms with Gasteiger partial charge in [0.25, 0.3) is 0 Å². The molecule has 0 aliphatic carbocycles. The number of nitrogens with one attached hydrogen (secondary N) is 1. The highest BCUT2D eigenvalue weighted by molar-refractivity contribution is 5.86. The van der Waals surface area contributed by atoms with Gasteiger partial charge in [-0.1, -0.05) is 12.1 Å². The zero-order chi connectivity index (χ0) is 14.4. The zero-order valence-electron chi connectivity index (χ0n) is 11.3. The third-order valence-electron chi connectivity index (χ3n) is 2.65. The Bertz CT molecular complexity index is 584. The molecular weight excluding hydrogens is 258 g/mol. The summed E-state index contributed by atoms with van der Waals surface area (Å²) < 4.78 is 9.71. The Hall–Kier alpha value is -2.63. The number of hydrogen-bond donors (Lipinski definition) is 1. The topological polar surface area (TPSA) is 73.3 Å². The lowest BCUT2D eigenvalue weighted by molar-refractivity contribution is 0.0593. The van der Waals surface area contributed by atoms with Crippen LogP contribution in [0.3, 0.4) is 0 Å². The first kappa shape index (κ1) is 13.8. The Morgan fingerprint density at radius 1 is 1.25 bits per heavy atom. The molecular formula is C14H15N3O3. The van der Waals surface area contributed by atoms with E-state index < -0.39 is 5.97 Å². The number of nitrogens with zero attached hydrogens (tertiary/aromatic N) is 2. The Morgan fingerprint density at radius 3 is 2.75 bits per heavy atom. The van der Waals surface area contributed by atoms with Crippen LogP contribution in [0, 0.1) is 0 Å². The van der Waals surface area contributed by atoms with Crippen molar-refractivity contribution < 1.29 is 14.3 Å². The monoisotopic (exact) mass is 273 g/mol. The van der Waals surface area contributed by atoms with E-state index >= 15 is 0 Å². The number of ether oxygens (including phenoxy) is 2. The number of rotatable bonds is 5. The van der Waals surface area contributed by atoms with E-state index in [-0.39, 0.29) is 5.69 Å². The van der Waals surface area contributed by atoms with Gasteiger partial charge in [-0.05, 0) is 17.7 Å². The van der Waals surface area contributed by atoms with Gasteiger partial charge in [0, 0.05) is 6.54 Å². The lowest BCUT2D eigenvalue weighted by Crippen LogP contribution is -2.07. The molecule has 0 amide bonds. The van der Waals surface area contributed by atoms with E-state index in [0.717, 1.165) is 11.3 Å². The van der Waals surface area contributed by atoms with Crippen LogP contribution in [0.5, 0.6) is 5.75 Å². The van der Waals surface area contributed by atoms with E-state index in [0.29, 0.717) is 12.4 Å². The summed E-state index contributed by atoms with van der Waals surface area (Å²) in [6.45, 7) is 0.587. The summed E-state index contributed by atoms with van der Waals surface area (Å²) in [6.07, 6.45) is 2.87. The van der Waals surface area contributed by atoms with E-state index in [2.05, 4.69) is 20.0 Å². The minimum Gasteiger partial charge on any atom is -0.497 e. The molecule has 0 aliphatic heterocycles. The third-order valence-corrected chi connectivity index (χ3v) is 2.65. The van der Waals surface area contributed by atoms with Gasteiger partial charge in [-0.25, -0.2) is 14.8 Å². The van der Waals surface area contributed by atoms with Crippen molar-refractivity contribution in [2.45, 2.75) is 6.54 Å². The van der Waals surface area contributed by atoms with E-state index in [9.17, 15) is 4.79 Å². The molecule has 2 rings (SSSR count). The molecule has 6 nitrogen and oxygen atoms in total. The Morgan fingerprint density at radius 2 is 2.10 bits per heavy atom. The van der Waals surface area contributed by atoms with E-state index in [1.807, 2.05) is 24.3 Å². The number of anilines is 1. The predicted octanol–water partition coefficient (Wildman–Crippen LogP) is 1.88. The fourth-order valence-electron chi connectivity index (χ4n) is 1.60. The molecule has 1 N–H and O–H groups in total. The molecule has 1 heterocycles. The summed E-state index contributed by atoms with van der Waals surface area (Å²) in [4.78, 5) is 19.3. The average molecular weight is 273 g/mol. The number of benzene rings is 1. The molecule has 20 heavy (non-hydrogen) atoms. The van der Waals surface area contributed by atoms with Gasteiger partial charge < -0.3 is 14.8 Å². The largest absolute Gasteiger partial charge is 0.497 e. The van der Waals surface area contributed by atoms with E-state index in [1.165, 1.54) is 19.5 Å². The second kappa shape index (κ2) is 6.51. The molecule has 6 heteroatoms. The normalized spacial score (nSPS) is 9.90. The van der Waals surface area contributed by atoms with Crippen LogP contribution in [-0.2, 0) is 11.3 Å². The minimum atomic E-state index is -0.503. The molecule has 0 atom stereocenters. The first-order valence-corrected chi connectivity index (χ1v) is 6.00. The molecule has 0 saturated carbocycles. The second-order valence-electron chi connectivity index (χ2n) is 3.98. The first-order chi connectivity index (χ1) is 9.72. The second-order valence-corrected chi connectivity index (χ2v) is 3.98. The van der Waals surface area contributed by atoms with Crippen LogP contribution in [0.4, 0.5) is 5.82 Å². The lowest BCUT2D eigenvalue weighted by atomic mass is 10.2. The average Bonchev–Trinajstić information content (AvgIpc) is 2.53. The van der Waals surface area contributed by atoms with Crippen molar-refractivity contribution in [2.24, 2.45) is 0 Å². The van der Waals surface area contributed by atoms with Crippen LogP contribution >= 0.6 is 0 Å². The molecule has 0 unspecified atom stereocenters. The fraction of sp³-hybridized carbons (Fsp3) is 0.214. The van der Waals surface area contributed by atoms with Gasteiger partial charge in [0.2, 0.25) is 0 Å². The number of hydrogen-bond acceptors (Lipinski definition) is 6. The lowest BCUT2D eigenvalue weighted by Gasteiger charge is -2.07. The fourth-order valence-corrected chi connectivity index (χ4v) is 1.60. The molecule has 0 aliphatic rings. The SMILES string of the molecule is COC(=O)c1cnc(NCc2cccc(OC)c2)cn1. The molecule has 0 bridgehead atoms. The summed E-state index contributed by atoms with van der Waals surface area (Å²) in [7, 11) is 2.93. The third kappa shape index (κ3) is 3.44.